The molecule has 1 aliphatic carbocycles. The van der Waals surface area contributed by atoms with Crippen LogP contribution in [-0.2, 0) is 5.41 Å². The predicted octanol–water partition coefficient (Wildman–Crippen LogP) is 0.239. The van der Waals surface area contributed by atoms with Gasteiger partial charge < -0.3 is 9.84 Å². The van der Waals surface area contributed by atoms with Crippen molar-refractivity contribution in [3.05, 3.63) is 11.7 Å². The lowest BCUT2D eigenvalue weighted by atomic mass is 10.1. The Morgan fingerprint density at radius 1 is 1.83 bits per heavy atom. The third-order valence-corrected chi connectivity index (χ3v) is 2.71. The summed E-state index contributed by atoms with van der Waals surface area (Å²) in [6, 6.07) is 0. The SMILES string of the molecule is [2H]C1([2H])NCC2(c3nc(C)no3)CC12. The van der Waals surface area contributed by atoms with E-state index in [1.165, 1.54) is 0 Å². The lowest BCUT2D eigenvalue weighted by Crippen LogP contribution is -2.19. The number of rotatable bonds is 1. The van der Waals surface area contributed by atoms with Crippen molar-refractivity contribution in [2.24, 2.45) is 5.92 Å². The second kappa shape index (κ2) is 1.88. The molecule has 2 heterocycles. The first-order valence-electron chi connectivity index (χ1n) is 5.10. The van der Waals surface area contributed by atoms with Crippen molar-refractivity contribution in [3.8, 4) is 0 Å². The van der Waals surface area contributed by atoms with E-state index in [1.54, 1.807) is 6.92 Å². The lowest BCUT2D eigenvalue weighted by Gasteiger charge is -2.02. The molecule has 1 aromatic rings. The molecule has 3 rings (SSSR count). The maximum absolute atomic E-state index is 7.68. The molecule has 2 unspecified atom stereocenters. The molecule has 1 saturated carbocycles. The third kappa shape index (κ3) is 0.659. The number of aromatic nitrogens is 2. The molecule has 64 valence electrons. The van der Waals surface area contributed by atoms with Crippen LogP contribution >= 0.6 is 0 Å². The average Bonchev–Trinajstić information content (AvgIpc) is 2.64. The van der Waals surface area contributed by atoms with E-state index in [2.05, 4.69) is 15.5 Å². The van der Waals surface area contributed by atoms with Gasteiger partial charge in [-0.1, -0.05) is 5.16 Å². The number of hydrogen-bond acceptors (Lipinski definition) is 4. The lowest BCUT2D eigenvalue weighted by molar-refractivity contribution is 0.343. The van der Waals surface area contributed by atoms with Crippen LogP contribution in [0, 0.1) is 12.8 Å². The Kier molecular flexibility index (Phi) is 0.777. The maximum atomic E-state index is 7.68. The number of nitrogens with one attached hydrogen (secondary N) is 1. The Balaban J connectivity index is 1.96. The normalized spacial score (nSPS) is 44.9. The van der Waals surface area contributed by atoms with Gasteiger partial charge in [-0.2, -0.15) is 4.98 Å². The first kappa shape index (κ1) is 4.97. The monoisotopic (exact) mass is 167 g/mol. The summed E-state index contributed by atoms with van der Waals surface area (Å²) in [5.74, 6) is 1.20. The highest BCUT2D eigenvalue weighted by atomic mass is 16.5. The number of piperidine rings is 1. The van der Waals surface area contributed by atoms with Crippen LogP contribution in [0.3, 0.4) is 0 Å². The van der Waals surface area contributed by atoms with Crippen LogP contribution < -0.4 is 5.32 Å². The van der Waals surface area contributed by atoms with Crippen molar-refractivity contribution in [1.29, 1.82) is 0 Å². The number of nitrogens with zero attached hydrogens (tertiary/aromatic N) is 2. The van der Waals surface area contributed by atoms with Gasteiger partial charge in [0, 0.05) is 9.29 Å². The molecule has 2 aliphatic rings. The average molecular weight is 167 g/mol. The number of fused-ring (bicyclic) bond motifs is 1. The van der Waals surface area contributed by atoms with E-state index >= 15 is 0 Å². The van der Waals surface area contributed by atoms with Crippen LogP contribution in [0.2, 0.25) is 0 Å². The summed E-state index contributed by atoms with van der Waals surface area (Å²) in [6.07, 6.45) is 0.814. The quantitative estimate of drug-likeness (QED) is 0.651. The van der Waals surface area contributed by atoms with Crippen molar-refractivity contribution in [2.75, 3.05) is 13.0 Å². The Hall–Kier alpha value is -0.900. The first-order valence-corrected chi connectivity index (χ1v) is 4.10. The van der Waals surface area contributed by atoms with Gasteiger partial charge in [0.25, 0.3) is 0 Å². The van der Waals surface area contributed by atoms with Gasteiger partial charge >= 0.3 is 0 Å². The van der Waals surface area contributed by atoms with Gasteiger partial charge in [0.15, 0.2) is 5.82 Å². The van der Waals surface area contributed by atoms with Crippen LogP contribution in [0.4, 0.5) is 0 Å². The molecule has 1 aliphatic heterocycles. The van der Waals surface area contributed by atoms with Crippen LogP contribution in [0.25, 0.3) is 0 Å². The molecule has 2 fully saturated rings. The van der Waals surface area contributed by atoms with E-state index in [1.807, 2.05) is 0 Å². The topological polar surface area (TPSA) is 51.0 Å². The predicted molar refractivity (Wildman–Crippen MR) is 41.7 cm³/mol. The maximum Gasteiger partial charge on any atom is 0.234 e. The summed E-state index contributed by atoms with van der Waals surface area (Å²) in [6.45, 7) is 1.10. The molecule has 1 aromatic heterocycles. The number of hydrogen-bond donors (Lipinski definition) is 1. The van der Waals surface area contributed by atoms with E-state index < -0.39 is 6.50 Å². The van der Waals surface area contributed by atoms with Crippen molar-refractivity contribution >= 4 is 0 Å². The van der Waals surface area contributed by atoms with Gasteiger partial charge in [-0.3, -0.25) is 0 Å². The molecule has 1 N–H and O–H groups in total. The van der Waals surface area contributed by atoms with Crippen molar-refractivity contribution in [2.45, 2.75) is 18.8 Å². The fourth-order valence-electron chi connectivity index (χ4n) is 1.83. The minimum atomic E-state index is -1.28. The summed E-state index contributed by atoms with van der Waals surface area (Å²) in [5.41, 5.74) is -0.217. The zero-order chi connectivity index (χ0) is 9.97. The highest BCUT2D eigenvalue weighted by Gasteiger charge is 2.62. The van der Waals surface area contributed by atoms with Gasteiger partial charge in [0.05, 0.1) is 5.41 Å². The summed E-state index contributed by atoms with van der Waals surface area (Å²) in [7, 11) is 0. The molecule has 0 bridgehead atoms. The molecule has 4 heteroatoms. The van der Waals surface area contributed by atoms with Crippen molar-refractivity contribution in [1.82, 2.24) is 15.5 Å². The molecule has 1 saturated heterocycles. The Morgan fingerprint density at radius 2 is 2.75 bits per heavy atom. The van der Waals surface area contributed by atoms with Gasteiger partial charge in [0.2, 0.25) is 5.89 Å². The third-order valence-electron chi connectivity index (χ3n) is 2.71. The summed E-state index contributed by atoms with van der Waals surface area (Å²) < 4.78 is 20.5. The summed E-state index contributed by atoms with van der Waals surface area (Å²) in [5, 5.41) is 6.59. The zero-order valence-electron chi connectivity index (χ0n) is 8.79. The van der Waals surface area contributed by atoms with Gasteiger partial charge in [-0.05, 0) is 25.8 Å². The fourth-order valence-corrected chi connectivity index (χ4v) is 1.83. The second-order valence-corrected chi connectivity index (χ2v) is 3.56. The largest absolute Gasteiger partial charge is 0.339 e. The minimum Gasteiger partial charge on any atom is -0.339 e. The van der Waals surface area contributed by atoms with Gasteiger partial charge in [-0.25, -0.2) is 0 Å². The van der Waals surface area contributed by atoms with Crippen LogP contribution in [0.5, 0.6) is 0 Å². The summed E-state index contributed by atoms with van der Waals surface area (Å²) >= 11 is 0. The highest BCUT2D eigenvalue weighted by molar-refractivity contribution is 5.25. The molecule has 0 spiro atoms. The summed E-state index contributed by atoms with van der Waals surface area (Å²) in [4.78, 5) is 4.19. The Labute approximate surface area is 73.2 Å². The van der Waals surface area contributed by atoms with E-state index in [-0.39, 0.29) is 11.3 Å². The fraction of sp³-hybridized carbons (Fsp3) is 0.750. The van der Waals surface area contributed by atoms with Gasteiger partial charge in [0.1, 0.15) is 0 Å². The number of aryl methyl sites for hydroxylation is 1. The van der Waals surface area contributed by atoms with E-state index in [4.69, 9.17) is 7.26 Å². The molecule has 0 amide bonds. The zero-order valence-corrected chi connectivity index (χ0v) is 6.79. The van der Waals surface area contributed by atoms with E-state index in [0.29, 0.717) is 18.3 Å². The molecular formula is C8H11N3O. The Bertz CT molecular complexity index is 392. The molecule has 4 nitrogen and oxygen atoms in total. The van der Waals surface area contributed by atoms with Crippen LogP contribution in [0.15, 0.2) is 4.52 Å². The standard InChI is InChI=1S/C8H11N3O/c1-5-10-7(12-11-5)8-2-6(8)3-9-4-8/h6,9H,2-4H2,1H3/i3D2. The molecule has 0 aromatic carbocycles. The minimum absolute atomic E-state index is 0.00477. The van der Waals surface area contributed by atoms with Crippen molar-refractivity contribution < 1.29 is 7.26 Å². The second-order valence-electron chi connectivity index (χ2n) is 3.56. The molecule has 0 radical (unpaired) electrons. The van der Waals surface area contributed by atoms with E-state index in [0.717, 1.165) is 6.42 Å². The highest BCUT2D eigenvalue weighted by Crippen LogP contribution is 2.55. The van der Waals surface area contributed by atoms with E-state index in [9.17, 15) is 0 Å². The first-order chi connectivity index (χ1) is 6.55. The van der Waals surface area contributed by atoms with Gasteiger partial charge in [-0.15, -0.1) is 0 Å². The van der Waals surface area contributed by atoms with Crippen LogP contribution in [0.1, 0.15) is 20.9 Å². The Morgan fingerprint density at radius 3 is 3.25 bits per heavy atom. The van der Waals surface area contributed by atoms with Crippen LogP contribution in [-0.4, -0.2) is 23.2 Å². The molecular weight excluding hydrogens is 154 g/mol. The molecule has 12 heavy (non-hydrogen) atoms. The smallest absolute Gasteiger partial charge is 0.234 e. The molecule has 2 atom stereocenters. The van der Waals surface area contributed by atoms with Crippen molar-refractivity contribution in [3.63, 3.8) is 0 Å².